The third-order valence-corrected chi connectivity index (χ3v) is 3.15. The van der Waals surface area contributed by atoms with Gasteiger partial charge in [0.2, 0.25) is 0 Å². The molecule has 0 spiro atoms. The van der Waals surface area contributed by atoms with Crippen molar-refractivity contribution in [3.8, 4) is 0 Å². The number of halogens is 3. The summed E-state index contributed by atoms with van der Waals surface area (Å²) in [5.41, 5.74) is 1.16. The summed E-state index contributed by atoms with van der Waals surface area (Å²) in [7, 11) is 2.09. The van der Waals surface area contributed by atoms with E-state index >= 15 is 0 Å². The lowest BCUT2D eigenvalue weighted by atomic mass is 10.2. The van der Waals surface area contributed by atoms with E-state index in [0.717, 1.165) is 28.1 Å². The molecule has 0 N–H and O–H groups in total. The number of rotatable bonds is 4. The maximum absolute atomic E-state index is 6.14. The Morgan fingerprint density at radius 1 is 1.47 bits per heavy atom. The topological polar surface area (TPSA) is 3.24 Å². The minimum atomic E-state index is 0.497. The lowest BCUT2D eigenvalue weighted by Gasteiger charge is -2.18. The summed E-state index contributed by atoms with van der Waals surface area (Å²) in [4.78, 5) is 2.74. The molecule has 1 aromatic rings. The Labute approximate surface area is 113 Å². The van der Waals surface area contributed by atoms with Crippen LogP contribution in [-0.4, -0.2) is 23.3 Å². The molecule has 0 fully saturated rings. The smallest absolute Gasteiger partial charge is 0.0462 e. The van der Waals surface area contributed by atoms with Gasteiger partial charge < -0.3 is 4.90 Å². The highest BCUT2D eigenvalue weighted by Gasteiger charge is 2.06. The maximum Gasteiger partial charge on any atom is 0.0462 e. The van der Waals surface area contributed by atoms with Crippen LogP contribution in [0.15, 0.2) is 22.7 Å². The number of hydrogen-bond donors (Lipinski definition) is 0. The first kappa shape index (κ1) is 13.5. The molecule has 0 saturated carbocycles. The first-order valence-corrected chi connectivity index (χ1v) is 6.84. The normalized spacial score (nSPS) is 13.2. The minimum Gasteiger partial charge on any atom is -0.301 e. The minimum absolute atomic E-state index is 0.497. The SMILES string of the molecule is CC(Br)CN(C)Cc1ccc(Br)cc1Cl. The average Bonchev–Trinajstić information content (AvgIpc) is 2.08. The van der Waals surface area contributed by atoms with Crippen molar-refractivity contribution in [1.29, 1.82) is 0 Å². The Morgan fingerprint density at radius 3 is 2.67 bits per heavy atom. The van der Waals surface area contributed by atoms with E-state index in [1.165, 1.54) is 0 Å². The molecule has 0 bridgehead atoms. The monoisotopic (exact) mass is 353 g/mol. The highest BCUT2D eigenvalue weighted by Crippen LogP contribution is 2.22. The Bertz CT molecular complexity index is 328. The molecular weight excluding hydrogens is 341 g/mol. The highest BCUT2D eigenvalue weighted by molar-refractivity contribution is 9.10. The fraction of sp³-hybridized carbons (Fsp3) is 0.455. The first-order valence-electron chi connectivity index (χ1n) is 4.75. The number of alkyl halides is 1. The summed E-state index contributed by atoms with van der Waals surface area (Å²) in [5, 5.41) is 0.818. The third-order valence-electron chi connectivity index (χ3n) is 2.02. The van der Waals surface area contributed by atoms with Gasteiger partial charge in [-0.05, 0) is 24.7 Å². The predicted octanol–water partition coefficient (Wildman–Crippen LogP) is 4.32. The van der Waals surface area contributed by atoms with E-state index in [4.69, 9.17) is 11.6 Å². The standard InChI is InChI=1S/C11H14Br2ClN/c1-8(12)6-15(2)7-9-3-4-10(13)5-11(9)14/h3-5,8H,6-7H2,1-2H3. The largest absolute Gasteiger partial charge is 0.301 e. The van der Waals surface area contributed by atoms with Crippen LogP contribution in [0.3, 0.4) is 0 Å². The molecule has 0 aliphatic rings. The molecule has 0 amide bonds. The van der Waals surface area contributed by atoms with Gasteiger partial charge in [0.1, 0.15) is 0 Å². The van der Waals surface area contributed by atoms with E-state index in [1.54, 1.807) is 0 Å². The summed E-state index contributed by atoms with van der Waals surface area (Å²) >= 11 is 13.1. The van der Waals surface area contributed by atoms with Gasteiger partial charge in [-0.1, -0.05) is 56.5 Å². The van der Waals surface area contributed by atoms with Crippen LogP contribution < -0.4 is 0 Å². The van der Waals surface area contributed by atoms with Gasteiger partial charge in [-0.2, -0.15) is 0 Å². The number of hydrogen-bond acceptors (Lipinski definition) is 1. The molecule has 1 aromatic carbocycles. The summed E-state index contributed by atoms with van der Waals surface area (Å²) < 4.78 is 1.02. The molecule has 4 heteroatoms. The molecule has 0 aliphatic heterocycles. The van der Waals surface area contributed by atoms with Crippen molar-refractivity contribution in [2.75, 3.05) is 13.6 Å². The quantitative estimate of drug-likeness (QED) is 0.727. The Morgan fingerprint density at radius 2 is 2.13 bits per heavy atom. The maximum atomic E-state index is 6.14. The third kappa shape index (κ3) is 4.85. The Kier molecular flexibility index (Phi) is 5.61. The molecule has 1 unspecified atom stereocenters. The van der Waals surface area contributed by atoms with Crippen molar-refractivity contribution in [2.45, 2.75) is 18.3 Å². The van der Waals surface area contributed by atoms with E-state index in [0.29, 0.717) is 4.83 Å². The van der Waals surface area contributed by atoms with Gasteiger partial charge >= 0.3 is 0 Å². The Balaban J connectivity index is 2.64. The van der Waals surface area contributed by atoms with E-state index in [9.17, 15) is 0 Å². The van der Waals surface area contributed by atoms with Gasteiger partial charge in [0.25, 0.3) is 0 Å². The van der Waals surface area contributed by atoms with Gasteiger partial charge in [0, 0.05) is 27.4 Å². The van der Waals surface area contributed by atoms with Crippen LogP contribution in [0.5, 0.6) is 0 Å². The lowest BCUT2D eigenvalue weighted by molar-refractivity contribution is 0.333. The summed E-state index contributed by atoms with van der Waals surface area (Å²) in [5.74, 6) is 0. The lowest BCUT2D eigenvalue weighted by Crippen LogP contribution is -2.24. The molecule has 1 atom stereocenters. The van der Waals surface area contributed by atoms with Crippen LogP contribution in [-0.2, 0) is 6.54 Å². The van der Waals surface area contributed by atoms with E-state index < -0.39 is 0 Å². The second kappa shape index (κ2) is 6.24. The zero-order chi connectivity index (χ0) is 11.4. The predicted molar refractivity (Wildman–Crippen MR) is 73.9 cm³/mol. The van der Waals surface area contributed by atoms with E-state index in [-0.39, 0.29) is 0 Å². The molecular formula is C11H14Br2ClN. The van der Waals surface area contributed by atoms with Crippen LogP contribution in [0, 0.1) is 0 Å². The van der Waals surface area contributed by atoms with Crippen LogP contribution in [0.4, 0.5) is 0 Å². The van der Waals surface area contributed by atoms with Gasteiger partial charge in [-0.15, -0.1) is 0 Å². The van der Waals surface area contributed by atoms with Crippen LogP contribution >= 0.6 is 43.5 Å². The summed E-state index contributed by atoms with van der Waals surface area (Å²) in [6, 6.07) is 6.01. The Hall–Kier alpha value is 0.430. The molecule has 84 valence electrons. The molecule has 0 saturated heterocycles. The van der Waals surface area contributed by atoms with E-state index in [2.05, 4.69) is 56.8 Å². The first-order chi connectivity index (χ1) is 6.99. The highest BCUT2D eigenvalue weighted by atomic mass is 79.9. The van der Waals surface area contributed by atoms with Crippen molar-refractivity contribution < 1.29 is 0 Å². The van der Waals surface area contributed by atoms with Crippen molar-refractivity contribution in [1.82, 2.24) is 4.90 Å². The molecule has 0 radical (unpaired) electrons. The van der Waals surface area contributed by atoms with Gasteiger partial charge in [0.15, 0.2) is 0 Å². The van der Waals surface area contributed by atoms with Crippen LogP contribution in [0.25, 0.3) is 0 Å². The van der Waals surface area contributed by atoms with Gasteiger partial charge in [-0.3, -0.25) is 0 Å². The fourth-order valence-corrected chi connectivity index (χ4v) is 2.66. The molecule has 1 nitrogen and oxygen atoms in total. The number of nitrogens with zero attached hydrogens (tertiary/aromatic N) is 1. The molecule has 1 rings (SSSR count). The molecule has 0 heterocycles. The average molecular weight is 356 g/mol. The van der Waals surface area contributed by atoms with Gasteiger partial charge in [0.05, 0.1) is 0 Å². The zero-order valence-corrected chi connectivity index (χ0v) is 12.7. The second-order valence-corrected chi connectivity index (χ2v) is 6.60. The van der Waals surface area contributed by atoms with Crippen molar-refractivity contribution in [2.24, 2.45) is 0 Å². The second-order valence-electron chi connectivity index (χ2n) is 3.71. The number of benzene rings is 1. The molecule has 0 aliphatic carbocycles. The van der Waals surface area contributed by atoms with Crippen molar-refractivity contribution in [3.05, 3.63) is 33.3 Å². The van der Waals surface area contributed by atoms with Crippen LogP contribution in [0.2, 0.25) is 5.02 Å². The van der Waals surface area contributed by atoms with E-state index in [1.807, 2.05) is 12.1 Å². The zero-order valence-electron chi connectivity index (χ0n) is 8.80. The van der Waals surface area contributed by atoms with Crippen LogP contribution in [0.1, 0.15) is 12.5 Å². The summed E-state index contributed by atoms with van der Waals surface area (Å²) in [6.45, 7) is 4.02. The molecule has 15 heavy (non-hydrogen) atoms. The summed E-state index contributed by atoms with van der Waals surface area (Å²) in [6.07, 6.45) is 0. The fourth-order valence-electron chi connectivity index (χ4n) is 1.43. The van der Waals surface area contributed by atoms with Crippen molar-refractivity contribution >= 4 is 43.5 Å². The van der Waals surface area contributed by atoms with Gasteiger partial charge in [-0.25, -0.2) is 0 Å². The molecule has 0 aromatic heterocycles. The van der Waals surface area contributed by atoms with Crippen molar-refractivity contribution in [3.63, 3.8) is 0 Å².